The van der Waals surface area contributed by atoms with Crippen LogP contribution in [0.2, 0.25) is 0 Å². The van der Waals surface area contributed by atoms with Gasteiger partial charge in [0.1, 0.15) is 0 Å². The number of nitrogens with one attached hydrogen (secondary N) is 2. The third-order valence-corrected chi connectivity index (χ3v) is 5.98. The number of carbonyl (C=O) groups excluding carboxylic acids is 2. The van der Waals surface area contributed by atoms with Gasteiger partial charge in [-0.2, -0.15) is 0 Å². The largest absolute Gasteiger partial charge is 0.379 e. The Balaban J connectivity index is 1.19. The van der Waals surface area contributed by atoms with Crippen molar-refractivity contribution in [3.05, 3.63) is 70.8 Å². The highest BCUT2D eigenvalue weighted by atomic mass is 16.5. The summed E-state index contributed by atoms with van der Waals surface area (Å²) < 4.78 is 5.39. The minimum absolute atomic E-state index is 0.192. The Labute approximate surface area is 189 Å². The van der Waals surface area contributed by atoms with Crippen molar-refractivity contribution in [2.75, 3.05) is 32.8 Å². The zero-order valence-corrected chi connectivity index (χ0v) is 18.5. The molecule has 2 aliphatic rings. The van der Waals surface area contributed by atoms with E-state index in [0.29, 0.717) is 26.1 Å². The first-order valence-electron chi connectivity index (χ1n) is 11.4. The summed E-state index contributed by atoms with van der Waals surface area (Å²) >= 11 is 0. The van der Waals surface area contributed by atoms with Gasteiger partial charge in [-0.1, -0.05) is 48.5 Å². The van der Waals surface area contributed by atoms with E-state index in [9.17, 15) is 9.59 Å². The van der Waals surface area contributed by atoms with Crippen molar-refractivity contribution in [1.29, 1.82) is 0 Å². The fourth-order valence-corrected chi connectivity index (χ4v) is 4.14. The van der Waals surface area contributed by atoms with Crippen LogP contribution < -0.4 is 10.6 Å². The molecule has 2 aromatic rings. The molecule has 0 aliphatic carbocycles. The number of hydrogen-bond donors (Lipinski definition) is 2. The molecule has 0 unspecified atom stereocenters. The maximum Gasteiger partial charge on any atom is 0.315 e. The summed E-state index contributed by atoms with van der Waals surface area (Å²) in [5.74, 6) is 0.224. The number of amides is 3. The van der Waals surface area contributed by atoms with E-state index in [1.165, 1.54) is 5.56 Å². The number of rotatable bonds is 8. The maximum atomic E-state index is 12.2. The highest BCUT2D eigenvalue weighted by Crippen LogP contribution is 2.15. The molecule has 2 aliphatic heterocycles. The smallest absolute Gasteiger partial charge is 0.315 e. The van der Waals surface area contributed by atoms with Gasteiger partial charge in [0.25, 0.3) is 0 Å². The summed E-state index contributed by atoms with van der Waals surface area (Å²) in [6.07, 6.45) is 1.59. The Morgan fingerprint density at radius 3 is 2.25 bits per heavy atom. The standard InChI is InChI=1S/C25H32N4O3/c30-24-5-2-10-29(24)19-23-4-1-3-22(15-23)17-27-25(31)26-16-20-6-8-21(9-7-20)18-28-11-13-32-14-12-28/h1,3-4,6-9,15H,2,5,10-14,16-19H2,(H2,26,27,31). The molecule has 32 heavy (non-hydrogen) atoms. The molecular formula is C25H32N4O3. The quantitative estimate of drug-likeness (QED) is 0.667. The van der Waals surface area contributed by atoms with Gasteiger partial charge in [0.05, 0.1) is 13.2 Å². The van der Waals surface area contributed by atoms with Crippen molar-refractivity contribution < 1.29 is 14.3 Å². The van der Waals surface area contributed by atoms with Gasteiger partial charge in [0.15, 0.2) is 0 Å². The second kappa shape index (κ2) is 11.1. The van der Waals surface area contributed by atoms with Gasteiger partial charge in [0, 0.05) is 52.2 Å². The molecule has 0 atom stereocenters. The fourth-order valence-electron chi connectivity index (χ4n) is 4.14. The molecule has 0 saturated carbocycles. The van der Waals surface area contributed by atoms with E-state index < -0.39 is 0 Å². The number of carbonyl (C=O) groups is 2. The van der Waals surface area contributed by atoms with Gasteiger partial charge in [-0.15, -0.1) is 0 Å². The van der Waals surface area contributed by atoms with E-state index in [4.69, 9.17) is 4.74 Å². The van der Waals surface area contributed by atoms with E-state index >= 15 is 0 Å². The minimum Gasteiger partial charge on any atom is -0.379 e. The van der Waals surface area contributed by atoms with Gasteiger partial charge in [-0.25, -0.2) is 4.79 Å². The van der Waals surface area contributed by atoms with Crippen molar-refractivity contribution in [2.24, 2.45) is 0 Å². The topological polar surface area (TPSA) is 73.9 Å². The van der Waals surface area contributed by atoms with Crippen LogP contribution in [0.1, 0.15) is 35.1 Å². The van der Waals surface area contributed by atoms with Crippen LogP contribution in [0, 0.1) is 0 Å². The minimum atomic E-state index is -0.192. The molecular weight excluding hydrogens is 404 g/mol. The SMILES string of the molecule is O=C(NCc1ccc(CN2CCOCC2)cc1)NCc1cccc(CN2CCCC2=O)c1. The summed E-state index contributed by atoms with van der Waals surface area (Å²) in [4.78, 5) is 28.3. The van der Waals surface area contributed by atoms with Crippen LogP contribution in [-0.4, -0.2) is 54.6 Å². The molecule has 0 bridgehead atoms. The molecule has 7 heteroatoms. The van der Waals surface area contributed by atoms with Crippen LogP contribution in [-0.2, 0) is 35.7 Å². The average molecular weight is 437 g/mol. The van der Waals surface area contributed by atoms with Gasteiger partial charge in [-0.05, 0) is 28.7 Å². The van der Waals surface area contributed by atoms with Crippen LogP contribution in [0.25, 0.3) is 0 Å². The summed E-state index contributed by atoms with van der Waals surface area (Å²) in [7, 11) is 0. The van der Waals surface area contributed by atoms with E-state index in [0.717, 1.165) is 62.5 Å². The van der Waals surface area contributed by atoms with Gasteiger partial charge in [0.2, 0.25) is 5.91 Å². The molecule has 2 saturated heterocycles. The number of hydrogen-bond acceptors (Lipinski definition) is 4. The lowest BCUT2D eigenvalue weighted by molar-refractivity contribution is -0.128. The first-order chi connectivity index (χ1) is 15.7. The van der Waals surface area contributed by atoms with Crippen molar-refractivity contribution >= 4 is 11.9 Å². The van der Waals surface area contributed by atoms with E-state index in [2.05, 4.69) is 45.9 Å². The van der Waals surface area contributed by atoms with Crippen LogP contribution in [0.3, 0.4) is 0 Å². The highest BCUT2D eigenvalue weighted by Gasteiger charge is 2.20. The second-order valence-corrected chi connectivity index (χ2v) is 8.48. The fraction of sp³-hybridized carbons (Fsp3) is 0.440. The predicted molar refractivity (Wildman–Crippen MR) is 123 cm³/mol. The van der Waals surface area contributed by atoms with Crippen LogP contribution in [0.5, 0.6) is 0 Å². The maximum absolute atomic E-state index is 12.2. The Morgan fingerprint density at radius 2 is 1.53 bits per heavy atom. The van der Waals surface area contributed by atoms with Crippen molar-refractivity contribution in [3.8, 4) is 0 Å². The molecule has 2 N–H and O–H groups in total. The summed E-state index contributed by atoms with van der Waals surface area (Å²) in [6.45, 7) is 6.90. The Bertz CT molecular complexity index is 910. The third-order valence-electron chi connectivity index (χ3n) is 5.98. The van der Waals surface area contributed by atoms with Gasteiger partial charge < -0.3 is 20.3 Å². The molecule has 0 spiro atoms. The molecule has 4 rings (SSSR count). The molecule has 7 nitrogen and oxygen atoms in total. The van der Waals surface area contributed by atoms with Crippen LogP contribution >= 0.6 is 0 Å². The molecule has 2 fully saturated rings. The van der Waals surface area contributed by atoms with Crippen molar-refractivity contribution in [1.82, 2.24) is 20.4 Å². The number of urea groups is 1. The lowest BCUT2D eigenvalue weighted by atomic mass is 10.1. The van der Waals surface area contributed by atoms with E-state index in [-0.39, 0.29) is 11.9 Å². The van der Waals surface area contributed by atoms with Crippen molar-refractivity contribution in [2.45, 2.75) is 39.0 Å². The average Bonchev–Trinajstić information content (AvgIpc) is 3.22. The zero-order chi connectivity index (χ0) is 22.2. The second-order valence-electron chi connectivity index (χ2n) is 8.48. The Morgan fingerprint density at radius 1 is 0.844 bits per heavy atom. The molecule has 2 heterocycles. The Kier molecular flexibility index (Phi) is 7.74. The number of ether oxygens (including phenoxy) is 1. The lowest BCUT2D eigenvalue weighted by Crippen LogP contribution is -2.35. The number of morpholine rings is 1. The lowest BCUT2D eigenvalue weighted by Gasteiger charge is -2.26. The normalized spacial score (nSPS) is 16.9. The van der Waals surface area contributed by atoms with E-state index in [1.807, 2.05) is 23.1 Å². The molecule has 3 amide bonds. The van der Waals surface area contributed by atoms with Gasteiger partial charge >= 0.3 is 6.03 Å². The van der Waals surface area contributed by atoms with Gasteiger partial charge in [-0.3, -0.25) is 9.69 Å². The zero-order valence-electron chi connectivity index (χ0n) is 18.5. The molecule has 170 valence electrons. The number of nitrogens with zero attached hydrogens (tertiary/aromatic N) is 2. The van der Waals surface area contributed by atoms with Crippen molar-refractivity contribution in [3.63, 3.8) is 0 Å². The summed E-state index contributed by atoms with van der Waals surface area (Å²) in [6, 6.07) is 16.2. The van der Waals surface area contributed by atoms with E-state index in [1.54, 1.807) is 0 Å². The number of likely N-dealkylation sites (tertiary alicyclic amines) is 1. The summed E-state index contributed by atoms with van der Waals surface area (Å²) in [5, 5.41) is 5.83. The first kappa shape index (κ1) is 22.3. The highest BCUT2D eigenvalue weighted by molar-refractivity contribution is 5.78. The third kappa shape index (κ3) is 6.55. The van der Waals surface area contributed by atoms with Crippen LogP contribution in [0.4, 0.5) is 4.79 Å². The number of benzene rings is 2. The first-order valence-corrected chi connectivity index (χ1v) is 11.4. The molecule has 0 aromatic heterocycles. The predicted octanol–water partition coefficient (Wildman–Crippen LogP) is 2.64. The summed E-state index contributed by atoms with van der Waals surface area (Å²) in [5.41, 5.74) is 4.47. The molecule has 2 aromatic carbocycles. The molecule has 0 radical (unpaired) electrons. The monoisotopic (exact) mass is 436 g/mol. The Hall–Kier alpha value is -2.90. The van der Waals surface area contributed by atoms with Crippen LogP contribution in [0.15, 0.2) is 48.5 Å².